The number of nitrogens with two attached hydrogens (primary N) is 2. The number of rotatable bonds is 17. The van der Waals surface area contributed by atoms with Gasteiger partial charge in [-0.1, -0.05) is 55.2 Å². The van der Waals surface area contributed by atoms with Crippen LogP contribution in [0, 0.1) is 16.0 Å². The highest BCUT2D eigenvalue weighted by Gasteiger charge is 2.52. The van der Waals surface area contributed by atoms with E-state index in [1.165, 1.54) is 45.2 Å². The number of phenols is 3. The van der Waals surface area contributed by atoms with Crippen molar-refractivity contribution in [3.63, 3.8) is 0 Å². The second kappa shape index (κ2) is 34.7. The van der Waals surface area contributed by atoms with Gasteiger partial charge in [-0.2, -0.15) is 0 Å². The Balaban J connectivity index is 1.12. The van der Waals surface area contributed by atoms with E-state index < -0.39 is 260 Å². The number of anilines is 1. The van der Waals surface area contributed by atoms with E-state index >= 15 is 19.2 Å². The number of non-ortho nitro benzene ring substituents is 1. The van der Waals surface area contributed by atoms with E-state index in [1.807, 2.05) is 13.8 Å². The molecule has 2 saturated heterocycles. The average molecular weight is 1630 g/mol. The van der Waals surface area contributed by atoms with Crippen LogP contribution >= 0.6 is 23.2 Å². The molecule has 13 rings (SSSR count). The van der Waals surface area contributed by atoms with Crippen molar-refractivity contribution in [1.82, 2.24) is 42.5 Å². The predicted octanol–water partition coefficient (Wildman–Crippen LogP) is 0.685. The van der Waals surface area contributed by atoms with Gasteiger partial charge in [-0.15, -0.1) is 0 Å². The minimum Gasteiger partial charge on any atom is -0.508 e. The molecule has 22 N–H and O–H groups in total. The number of nitrogens with zero attached hydrogens (tertiary/aromatic N) is 1. The number of nitro benzene ring substituents is 1. The molecule has 0 saturated carbocycles. The number of benzene rings is 6. The number of hydrogen-bond acceptors (Lipinski definition) is 28. The molecule has 0 spiro atoms. The van der Waals surface area contributed by atoms with Gasteiger partial charge >= 0.3 is 0 Å². The van der Waals surface area contributed by atoms with Gasteiger partial charge < -0.3 is 134 Å². The van der Waals surface area contributed by atoms with Crippen LogP contribution in [0.3, 0.4) is 0 Å². The normalized spacial score (nSPS) is 27.3. The Morgan fingerprint density at radius 3 is 1.93 bits per heavy atom. The number of likely N-dealkylation sites (N-methyl/N-ethyl adjacent to an activating group) is 1. The molecule has 0 aliphatic carbocycles. The molecule has 7 aliphatic heterocycles. The highest BCUT2D eigenvalue weighted by atomic mass is 35.5. The van der Waals surface area contributed by atoms with E-state index in [2.05, 4.69) is 47.9 Å². The van der Waals surface area contributed by atoms with Crippen molar-refractivity contribution >= 4 is 87.7 Å². The summed E-state index contributed by atoms with van der Waals surface area (Å²) in [7, 11) is 1.46. The van der Waals surface area contributed by atoms with Gasteiger partial charge in [0.05, 0.1) is 52.8 Å². The van der Waals surface area contributed by atoms with Crippen LogP contribution < -0.4 is 73.5 Å². The zero-order valence-corrected chi connectivity index (χ0v) is 62.6. The number of fused-ring (bicyclic) bond motifs is 15. The molecule has 608 valence electrons. The largest absolute Gasteiger partial charge is 0.508 e. The Hall–Kier alpha value is -11.1. The lowest BCUT2D eigenvalue weighted by molar-refractivity contribution is -0.384. The van der Waals surface area contributed by atoms with Crippen molar-refractivity contribution in [2.24, 2.45) is 17.4 Å². The topological polar surface area (TPSA) is 595 Å². The third-order valence-electron chi connectivity index (χ3n) is 19.6. The number of hydrogen-bond donors (Lipinski definition) is 20. The molecule has 38 nitrogen and oxygen atoms in total. The van der Waals surface area contributed by atoms with Crippen molar-refractivity contribution in [2.45, 2.75) is 156 Å². The molecule has 7 heterocycles. The van der Waals surface area contributed by atoms with E-state index in [4.69, 9.17) is 63.1 Å². The Labute approximate surface area is 657 Å². The van der Waals surface area contributed by atoms with Gasteiger partial charge in [0.2, 0.25) is 65.2 Å². The first-order valence-electron chi connectivity index (χ1n) is 35.5. The van der Waals surface area contributed by atoms with Crippen molar-refractivity contribution in [1.29, 1.82) is 0 Å². The minimum atomic E-state index is -2.39. The fraction of sp³-hybridized carbons (Fsp3) is 0.392. The number of primary amides is 1. The lowest BCUT2D eigenvalue weighted by Crippen LogP contribution is -2.64. The maximum absolute atomic E-state index is 16.2. The summed E-state index contributed by atoms with van der Waals surface area (Å²) in [5.41, 5.74) is 7.60. The summed E-state index contributed by atoms with van der Waals surface area (Å²) >= 11 is 14.2. The fourth-order valence-electron chi connectivity index (χ4n) is 13.6. The highest BCUT2D eigenvalue weighted by Crippen LogP contribution is 2.50. The van der Waals surface area contributed by atoms with Gasteiger partial charge in [0.1, 0.15) is 95.5 Å². The number of aliphatic hydroxyl groups is 6. The van der Waals surface area contributed by atoms with Crippen LogP contribution in [-0.2, 0) is 57.4 Å². The maximum atomic E-state index is 16.2. The molecule has 7 aliphatic rings. The van der Waals surface area contributed by atoms with Crippen LogP contribution in [0.1, 0.15) is 105 Å². The van der Waals surface area contributed by atoms with Crippen LogP contribution in [0.5, 0.6) is 46.0 Å². The zero-order valence-electron chi connectivity index (χ0n) is 61.1. The smallest absolute Gasteiger partial charge is 0.269 e. The Bertz CT molecular complexity index is 4750. The molecule has 9 amide bonds. The molecule has 11 bridgehead atoms. The van der Waals surface area contributed by atoms with Crippen molar-refractivity contribution in [3.05, 3.63) is 151 Å². The first kappa shape index (κ1) is 83.8. The van der Waals surface area contributed by atoms with Crippen molar-refractivity contribution < 1.29 is 122 Å². The van der Waals surface area contributed by atoms with Crippen LogP contribution in [0.25, 0.3) is 11.1 Å². The van der Waals surface area contributed by atoms with E-state index in [0.29, 0.717) is 0 Å². The molecule has 2 fully saturated rings. The van der Waals surface area contributed by atoms with Crippen LogP contribution in [0.4, 0.5) is 11.4 Å². The number of carbonyl (C=O) groups is 9. The third kappa shape index (κ3) is 18.4. The van der Waals surface area contributed by atoms with Crippen molar-refractivity contribution in [3.8, 4) is 57.1 Å². The molecule has 18 atom stereocenters. The van der Waals surface area contributed by atoms with E-state index in [9.17, 15) is 80.0 Å². The Morgan fingerprint density at radius 2 is 1.33 bits per heavy atom. The summed E-state index contributed by atoms with van der Waals surface area (Å²) in [6.45, 7) is 4.69. The second-order valence-corrected chi connectivity index (χ2v) is 29.3. The highest BCUT2D eigenvalue weighted by molar-refractivity contribution is 6.32. The molecule has 40 heteroatoms. The summed E-state index contributed by atoms with van der Waals surface area (Å²) < 4.78 is 38.5. The van der Waals surface area contributed by atoms with Crippen molar-refractivity contribution in [2.75, 3.05) is 25.5 Å². The number of carbonyl (C=O) groups excluding carboxylic acids is 9. The summed E-state index contributed by atoms with van der Waals surface area (Å²) in [4.78, 5) is 144. The second-order valence-electron chi connectivity index (χ2n) is 28.4. The number of phenolic OH excluding ortho intramolecular Hbond substituents is 3. The Morgan fingerprint density at radius 1 is 0.719 bits per heavy atom. The predicted molar refractivity (Wildman–Crippen MR) is 396 cm³/mol. The van der Waals surface area contributed by atoms with Gasteiger partial charge in [0, 0.05) is 47.0 Å². The molecule has 6 aromatic carbocycles. The first-order chi connectivity index (χ1) is 53.9. The lowest BCUT2D eigenvalue weighted by Gasteiger charge is -2.47. The number of amides is 9. The molecule has 3 unspecified atom stereocenters. The first-order valence-corrected chi connectivity index (χ1v) is 36.2. The number of nitrogens with one attached hydrogen (secondary N) is 9. The molecular formula is C74H82Cl2N12O26. The van der Waals surface area contributed by atoms with E-state index in [0.717, 1.165) is 78.9 Å². The van der Waals surface area contributed by atoms with Gasteiger partial charge in [-0.05, 0) is 128 Å². The molecule has 0 aromatic heterocycles. The average Bonchev–Trinajstić information content (AvgIpc) is 0.768. The van der Waals surface area contributed by atoms with Gasteiger partial charge in [0.15, 0.2) is 23.9 Å². The number of ether oxygens (including phenoxy) is 6. The van der Waals surface area contributed by atoms with E-state index in [-0.39, 0.29) is 52.0 Å². The van der Waals surface area contributed by atoms with Gasteiger partial charge in [-0.3, -0.25) is 53.3 Å². The molecule has 114 heavy (non-hydrogen) atoms. The van der Waals surface area contributed by atoms with Crippen LogP contribution in [0.2, 0.25) is 10.0 Å². The van der Waals surface area contributed by atoms with Gasteiger partial charge in [0.25, 0.3) is 5.69 Å². The summed E-state index contributed by atoms with van der Waals surface area (Å²) in [6.07, 6.45) is -18.9. The monoisotopic (exact) mass is 1620 g/mol. The molecular weight excluding hydrogens is 1540 g/mol. The standard InChI is InChI=1S/C74H82Cl2N12O26/c1-28(2)16-41(79-5)66(100)86-57-59(95)31-7-14-45(39(75)18-31)110-47-20-33-21-48(63(47)114-73-64(62(98)61(97)49(27-89)112-73)113-52-25-74(4,78)65(99)29(3)109-52)111-46-15-8-32(19-40(46)76)60(96)58-72(106)85-56(68(102)80-26-51(94)81-34-9-11-35(12-10-34)88(107)108)38-22-36(90)23-44(92)53(38)37-17-30(6-13-43(37)91)54(69(103)87-58)84-70(104)55(33)83-67(101)42(24-50(77)93)82-71(57)105/h6-15,17-23,28-29,41-42,49,52,54-62,64-65,73,79,89-92,95-99H,16,24-27,78H2,1-5H3,(H2,77,93)(H,80,102)(H,81,94)(H,82,105)(H,83,101)(H,84,104)(H,85,106)(H,86,100)(H,87,103)/t29-,41+,42-,49+,52?,54+,55?,56?,57+,58-,59+,60+,61+,62-,64+,65+,73-,74-/m0/s1. The van der Waals surface area contributed by atoms with Crippen LogP contribution in [0.15, 0.2) is 103 Å². The molecule has 6 aromatic rings. The fourth-order valence-corrected chi connectivity index (χ4v) is 14.1. The third-order valence-corrected chi connectivity index (χ3v) is 20.2. The van der Waals surface area contributed by atoms with Crippen LogP contribution in [-0.4, -0.2) is 203 Å². The SMILES string of the molecule is CN[C@H](CC(C)C)C(=O)N[C@H]1C(=O)N[C@@H](CC(N)=O)C(=O)NC2C(=O)N[C@H]3C(=O)N[C@H](C(=O)NC(C(=O)NCC(=O)Nc4ccc([N+](=O)[O-])cc4)c4cc(O)cc(O)c4-c4cc3ccc4O)[C@H](O)c3ccc(c(Cl)c3)Oc3cc2cc(c3O[C@@H]2O[C@H](CO)[C@@H](O)[C@H](O)[C@H]2OC2C[C@](C)(N)[C@H](O)[C@H](C)O2)Oc2ccc(cc2Cl)[C@H]1O. The lowest BCUT2D eigenvalue weighted by atomic mass is 9.86. The number of nitro groups is 1. The molecule has 0 radical (unpaired) electrons. The summed E-state index contributed by atoms with van der Waals surface area (Å²) in [5.74, 6) is -16.8. The quantitative estimate of drug-likeness (QED) is 0.0441. The number of aliphatic hydroxyl groups excluding tert-OH is 6. The summed E-state index contributed by atoms with van der Waals surface area (Å²) in [6, 6.07) is 3.54. The summed E-state index contributed by atoms with van der Waals surface area (Å²) in [5, 5.41) is 138. The minimum absolute atomic E-state index is 0.0404. The van der Waals surface area contributed by atoms with E-state index in [1.54, 1.807) is 0 Å². The zero-order chi connectivity index (χ0) is 82.8. The van der Waals surface area contributed by atoms with Gasteiger partial charge in [-0.25, -0.2) is 0 Å². The number of halogens is 2. The Kier molecular flexibility index (Phi) is 25.5. The maximum Gasteiger partial charge on any atom is 0.269 e. The number of aromatic hydroxyl groups is 3.